The van der Waals surface area contributed by atoms with Crippen molar-refractivity contribution in [1.29, 1.82) is 0 Å². The zero-order valence-corrected chi connectivity index (χ0v) is 8.98. The van der Waals surface area contributed by atoms with E-state index in [0.29, 0.717) is 4.88 Å². The number of thiophene rings is 1. The molecule has 0 aliphatic heterocycles. The lowest BCUT2D eigenvalue weighted by Crippen LogP contribution is -1.94. The van der Waals surface area contributed by atoms with E-state index in [4.69, 9.17) is 5.11 Å². The number of carboxylic acid groups (broad SMARTS) is 1. The molecule has 0 aliphatic carbocycles. The number of thiazole rings is 1. The number of aromatic carboxylic acids is 1. The first kappa shape index (κ1) is 9.36. The van der Waals surface area contributed by atoms with Gasteiger partial charge in [0.15, 0.2) is 0 Å². The van der Waals surface area contributed by atoms with Gasteiger partial charge in [-0.25, -0.2) is 9.78 Å². The zero-order chi connectivity index (χ0) is 10.1. The summed E-state index contributed by atoms with van der Waals surface area (Å²) in [6.07, 6.45) is 0. The first-order chi connectivity index (χ1) is 6.70. The largest absolute Gasteiger partial charge is 0.477 e. The molecule has 0 fully saturated rings. The van der Waals surface area contributed by atoms with Crippen LogP contribution >= 0.6 is 22.7 Å². The van der Waals surface area contributed by atoms with E-state index >= 15 is 0 Å². The maximum absolute atomic E-state index is 10.9. The highest BCUT2D eigenvalue weighted by atomic mass is 32.1. The summed E-state index contributed by atoms with van der Waals surface area (Å²) < 4.78 is 0. The highest BCUT2D eigenvalue weighted by Gasteiger charge is 2.15. The minimum atomic E-state index is -0.872. The number of nitrogens with zero attached hydrogens (tertiary/aromatic N) is 1. The van der Waals surface area contributed by atoms with Crippen molar-refractivity contribution in [2.75, 3.05) is 0 Å². The summed E-state index contributed by atoms with van der Waals surface area (Å²) in [5, 5.41) is 10.7. The fourth-order valence-electron chi connectivity index (χ4n) is 1.21. The lowest BCUT2D eigenvalue weighted by Gasteiger charge is -1.96. The molecule has 0 unspecified atom stereocenters. The average Bonchev–Trinajstić information content (AvgIpc) is 2.70. The van der Waals surface area contributed by atoms with Crippen molar-refractivity contribution in [2.24, 2.45) is 0 Å². The predicted molar refractivity (Wildman–Crippen MR) is 57.1 cm³/mol. The molecule has 72 valence electrons. The van der Waals surface area contributed by atoms with Crippen LogP contribution in [0.1, 0.15) is 15.4 Å². The van der Waals surface area contributed by atoms with Crippen molar-refractivity contribution < 1.29 is 9.90 Å². The standard InChI is InChI=1S/C9H7NO2S2/c1-5-7(14-4-10-5)6-2-3-13-8(6)9(11)12/h2-4H,1H3,(H,11,12). The Balaban J connectivity index is 2.57. The molecule has 0 aliphatic rings. The molecule has 0 bridgehead atoms. The molecule has 0 saturated heterocycles. The lowest BCUT2D eigenvalue weighted by atomic mass is 10.2. The van der Waals surface area contributed by atoms with Gasteiger partial charge in [-0.1, -0.05) is 0 Å². The van der Waals surface area contributed by atoms with Crippen LogP contribution in [0.15, 0.2) is 17.0 Å². The van der Waals surface area contributed by atoms with Crippen molar-refractivity contribution in [2.45, 2.75) is 6.92 Å². The number of aryl methyl sites for hydroxylation is 1. The third-order valence-electron chi connectivity index (χ3n) is 1.85. The van der Waals surface area contributed by atoms with Crippen LogP contribution in [0.2, 0.25) is 0 Å². The summed E-state index contributed by atoms with van der Waals surface area (Å²) in [4.78, 5) is 16.3. The Morgan fingerprint density at radius 3 is 2.86 bits per heavy atom. The molecule has 5 heteroatoms. The topological polar surface area (TPSA) is 50.2 Å². The highest BCUT2D eigenvalue weighted by molar-refractivity contribution is 7.15. The molecule has 2 rings (SSSR count). The van der Waals surface area contributed by atoms with Crippen molar-refractivity contribution in [3.05, 3.63) is 27.5 Å². The third-order valence-corrected chi connectivity index (χ3v) is 3.71. The number of hydrogen-bond acceptors (Lipinski definition) is 4. The Bertz CT molecular complexity index is 473. The Kier molecular flexibility index (Phi) is 2.35. The second-order valence-electron chi connectivity index (χ2n) is 2.74. The lowest BCUT2D eigenvalue weighted by molar-refractivity contribution is 0.0703. The number of carboxylic acids is 1. The smallest absolute Gasteiger partial charge is 0.346 e. The third kappa shape index (κ3) is 1.44. The van der Waals surface area contributed by atoms with Crippen molar-refractivity contribution >= 4 is 28.6 Å². The van der Waals surface area contributed by atoms with Gasteiger partial charge in [0.2, 0.25) is 0 Å². The Morgan fingerprint density at radius 2 is 2.29 bits per heavy atom. The molecular weight excluding hydrogens is 218 g/mol. The summed E-state index contributed by atoms with van der Waals surface area (Å²) in [6, 6.07) is 1.83. The maximum Gasteiger partial charge on any atom is 0.346 e. The fourth-order valence-corrected chi connectivity index (χ4v) is 2.85. The Labute approximate surface area is 88.7 Å². The molecule has 2 aromatic heterocycles. The molecule has 0 radical (unpaired) electrons. The van der Waals surface area contributed by atoms with Crippen molar-refractivity contribution in [3.63, 3.8) is 0 Å². The van der Waals surface area contributed by atoms with Gasteiger partial charge in [0.05, 0.1) is 16.1 Å². The van der Waals surface area contributed by atoms with Gasteiger partial charge in [0.25, 0.3) is 0 Å². The van der Waals surface area contributed by atoms with Crippen LogP contribution in [0.5, 0.6) is 0 Å². The first-order valence-corrected chi connectivity index (χ1v) is 5.67. The van der Waals surface area contributed by atoms with E-state index in [-0.39, 0.29) is 0 Å². The van der Waals surface area contributed by atoms with Gasteiger partial charge in [-0.3, -0.25) is 0 Å². The molecule has 14 heavy (non-hydrogen) atoms. The first-order valence-electron chi connectivity index (χ1n) is 3.91. The van der Waals surface area contributed by atoms with Crippen LogP contribution in [0.4, 0.5) is 0 Å². The van der Waals surface area contributed by atoms with E-state index in [1.165, 1.54) is 22.7 Å². The molecule has 1 N–H and O–H groups in total. The number of rotatable bonds is 2. The minimum absolute atomic E-state index is 0.386. The Hall–Kier alpha value is -1.20. The van der Waals surface area contributed by atoms with Crippen LogP contribution in [0.3, 0.4) is 0 Å². The SMILES string of the molecule is Cc1ncsc1-c1ccsc1C(=O)O. The molecule has 0 saturated carbocycles. The van der Waals surface area contributed by atoms with Gasteiger partial charge in [0.1, 0.15) is 4.88 Å². The van der Waals surface area contributed by atoms with Crippen LogP contribution in [0.25, 0.3) is 10.4 Å². The quantitative estimate of drug-likeness (QED) is 0.855. The van der Waals surface area contributed by atoms with E-state index in [1.54, 1.807) is 10.9 Å². The molecule has 3 nitrogen and oxygen atoms in total. The average molecular weight is 225 g/mol. The summed E-state index contributed by atoms with van der Waals surface area (Å²) in [7, 11) is 0. The van der Waals surface area contributed by atoms with Crippen molar-refractivity contribution in [1.82, 2.24) is 4.98 Å². The monoisotopic (exact) mass is 225 g/mol. The van der Waals surface area contributed by atoms with E-state index in [0.717, 1.165) is 16.1 Å². The zero-order valence-electron chi connectivity index (χ0n) is 7.35. The van der Waals surface area contributed by atoms with Crippen LogP contribution in [0, 0.1) is 6.92 Å². The van der Waals surface area contributed by atoms with Crippen LogP contribution in [-0.4, -0.2) is 16.1 Å². The molecule has 2 aromatic rings. The molecule has 0 spiro atoms. The van der Waals surface area contributed by atoms with E-state index in [2.05, 4.69) is 4.98 Å². The normalized spacial score (nSPS) is 10.4. The summed E-state index contributed by atoms with van der Waals surface area (Å²) in [5.74, 6) is -0.872. The minimum Gasteiger partial charge on any atom is -0.477 e. The predicted octanol–water partition coefficient (Wildman–Crippen LogP) is 2.88. The maximum atomic E-state index is 10.9. The summed E-state index contributed by atoms with van der Waals surface area (Å²) in [5.41, 5.74) is 3.40. The van der Waals surface area contributed by atoms with E-state index < -0.39 is 5.97 Å². The van der Waals surface area contributed by atoms with Gasteiger partial charge in [0, 0.05) is 5.56 Å². The van der Waals surface area contributed by atoms with E-state index in [9.17, 15) is 4.79 Å². The molecule has 0 amide bonds. The van der Waals surface area contributed by atoms with Gasteiger partial charge in [-0.15, -0.1) is 22.7 Å². The molecule has 0 atom stereocenters. The summed E-state index contributed by atoms with van der Waals surface area (Å²) >= 11 is 2.72. The fraction of sp³-hybridized carbons (Fsp3) is 0.111. The number of hydrogen-bond donors (Lipinski definition) is 1. The number of carbonyl (C=O) groups is 1. The van der Waals surface area contributed by atoms with Crippen LogP contribution in [-0.2, 0) is 0 Å². The van der Waals surface area contributed by atoms with Crippen molar-refractivity contribution in [3.8, 4) is 10.4 Å². The second kappa shape index (κ2) is 3.51. The van der Waals surface area contributed by atoms with Gasteiger partial charge in [-0.05, 0) is 18.4 Å². The molecule has 2 heterocycles. The van der Waals surface area contributed by atoms with Crippen LogP contribution < -0.4 is 0 Å². The highest BCUT2D eigenvalue weighted by Crippen LogP contribution is 2.33. The second-order valence-corrected chi connectivity index (χ2v) is 4.51. The summed E-state index contributed by atoms with van der Waals surface area (Å²) in [6.45, 7) is 1.88. The van der Waals surface area contributed by atoms with Gasteiger partial charge >= 0.3 is 5.97 Å². The molecule has 0 aromatic carbocycles. The number of aromatic nitrogens is 1. The van der Waals surface area contributed by atoms with E-state index in [1.807, 2.05) is 13.0 Å². The van der Waals surface area contributed by atoms with Gasteiger partial charge in [-0.2, -0.15) is 0 Å². The van der Waals surface area contributed by atoms with Gasteiger partial charge < -0.3 is 5.11 Å². The molecular formula is C9H7NO2S2. The Morgan fingerprint density at radius 1 is 1.50 bits per heavy atom.